The van der Waals surface area contributed by atoms with Crippen LogP contribution in [0.4, 0.5) is 11.6 Å². The monoisotopic (exact) mass is 639 g/mol. The minimum Gasteiger partial charge on any atom is -0.324 e. The van der Waals surface area contributed by atoms with E-state index in [0.29, 0.717) is 18.1 Å². The molecule has 7 nitrogen and oxygen atoms in total. The van der Waals surface area contributed by atoms with Crippen LogP contribution in [0.5, 0.6) is 0 Å². The summed E-state index contributed by atoms with van der Waals surface area (Å²) in [6.07, 6.45) is 6.38. The summed E-state index contributed by atoms with van der Waals surface area (Å²) < 4.78 is 0. The van der Waals surface area contributed by atoms with Crippen LogP contribution >= 0.6 is 0 Å². The normalized spacial score (nSPS) is 14.8. The van der Waals surface area contributed by atoms with Gasteiger partial charge >= 0.3 is 0 Å². The van der Waals surface area contributed by atoms with E-state index in [2.05, 4.69) is 117 Å². The third-order valence-corrected chi connectivity index (χ3v) is 10.2. The molecule has 2 aromatic heterocycles. The molecule has 7 heteroatoms. The summed E-state index contributed by atoms with van der Waals surface area (Å²) in [6.45, 7) is 8.77. The Labute approximate surface area is 284 Å². The van der Waals surface area contributed by atoms with E-state index < -0.39 is 0 Å². The van der Waals surface area contributed by atoms with Crippen LogP contribution in [0, 0.1) is 0 Å². The van der Waals surface area contributed by atoms with Crippen LogP contribution in [-0.4, -0.2) is 27.4 Å². The number of aromatic nitrogens is 2. The summed E-state index contributed by atoms with van der Waals surface area (Å²) in [7, 11) is 0. The van der Waals surface area contributed by atoms with Gasteiger partial charge in [-0.25, -0.2) is 25.0 Å². The lowest BCUT2D eigenvalue weighted by Gasteiger charge is -2.20. The van der Waals surface area contributed by atoms with Crippen LogP contribution in [0.15, 0.2) is 104 Å². The minimum atomic E-state index is 0.652. The van der Waals surface area contributed by atoms with E-state index in [4.69, 9.17) is 25.0 Å². The molecule has 49 heavy (non-hydrogen) atoms. The smallest absolute Gasteiger partial charge is 0.165 e. The summed E-state index contributed by atoms with van der Waals surface area (Å²) in [5.74, 6) is 2.92. The van der Waals surface area contributed by atoms with Gasteiger partial charge in [-0.05, 0) is 47.9 Å². The molecule has 10 rings (SSSR count). The van der Waals surface area contributed by atoms with Gasteiger partial charge in [-0.3, -0.25) is 0 Å². The van der Waals surface area contributed by atoms with Crippen molar-refractivity contribution in [2.75, 3.05) is 0 Å². The maximum absolute atomic E-state index is 5.42. The van der Waals surface area contributed by atoms with Crippen LogP contribution in [0.1, 0.15) is 78.6 Å². The zero-order chi connectivity index (χ0) is 33.2. The number of aryl methyl sites for hydroxylation is 4. The van der Waals surface area contributed by atoms with Gasteiger partial charge in [-0.2, -0.15) is 0 Å². The highest BCUT2D eigenvalue weighted by molar-refractivity contribution is 6.24. The summed E-state index contributed by atoms with van der Waals surface area (Å²) in [6, 6.07) is 25.8. The first kappa shape index (κ1) is 29.4. The van der Waals surface area contributed by atoms with Gasteiger partial charge in [0.05, 0.1) is 11.4 Å². The molecule has 4 aromatic carbocycles. The van der Waals surface area contributed by atoms with Crippen molar-refractivity contribution in [1.29, 1.82) is 0 Å². The third-order valence-electron chi connectivity index (χ3n) is 10.2. The number of aliphatic imine (C=N–C) groups is 3. The average molecular weight is 640 g/mol. The lowest BCUT2D eigenvalue weighted by molar-refractivity contribution is 1.10. The minimum absolute atomic E-state index is 0.652. The largest absolute Gasteiger partial charge is 0.324 e. The van der Waals surface area contributed by atoms with Gasteiger partial charge in [0.25, 0.3) is 0 Å². The Morgan fingerprint density at radius 3 is 1.92 bits per heavy atom. The van der Waals surface area contributed by atoms with Gasteiger partial charge in [-0.1, -0.05) is 107 Å². The van der Waals surface area contributed by atoms with Crippen molar-refractivity contribution in [3.8, 4) is 0 Å². The Balaban J connectivity index is 1.45. The summed E-state index contributed by atoms with van der Waals surface area (Å²) in [4.78, 5) is 33.9. The van der Waals surface area contributed by atoms with Crippen molar-refractivity contribution in [2.45, 2.75) is 59.8 Å². The van der Waals surface area contributed by atoms with E-state index in [-0.39, 0.29) is 0 Å². The summed E-state index contributed by atoms with van der Waals surface area (Å²) >= 11 is 0. The Hall–Kier alpha value is -5.69. The lowest BCUT2D eigenvalue weighted by atomic mass is 9.88. The highest BCUT2D eigenvalue weighted by atomic mass is 15.1. The van der Waals surface area contributed by atoms with Crippen molar-refractivity contribution in [3.63, 3.8) is 0 Å². The maximum Gasteiger partial charge on any atom is 0.165 e. The number of H-pyrrole nitrogens is 2. The van der Waals surface area contributed by atoms with Crippen molar-refractivity contribution in [1.82, 2.24) is 9.97 Å². The van der Waals surface area contributed by atoms with Crippen LogP contribution in [0.25, 0.3) is 27.2 Å². The molecule has 2 N–H and O–H groups in total. The van der Waals surface area contributed by atoms with E-state index in [1.54, 1.807) is 0 Å². The second-order valence-electron chi connectivity index (χ2n) is 12.9. The number of benzene rings is 4. The van der Waals surface area contributed by atoms with Crippen LogP contribution < -0.4 is 11.0 Å². The molecule has 8 bridgehead atoms. The molecule has 0 fully saturated rings. The van der Waals surface area contributed by atoms with Crippen LogP contribution in [0.2, 0.25) is 0 Å². The Bertz CT molecular complexity index is 2620. The SMILES string of the molecule is CCc1cccc2c1C1=Nc3[nH]c(c4c(CC)cccc34)N=C3N=C(N=c4[nH]c(c5cccc(CC)c45)=NC2=CC1)c1cccc(CC)c13. The van der Waals surface area contributed by atoms with Crippen molar-refractivity contribution in [3.05, 3.63) is 134 Å². The fraction of sp³-hybridized carbons (Fsp3) is 0.214. The lowest BCUT2D eigenvalue weighted by Crippen LogP contribution is -2.16. The molecule has 0 unspecified atom stereocenters. The van der Waals surface area contributed by atoms with Crippen LogP contribution in [-0.2, 0) is 25.7 Å². The molecule has 0 saturated carbocycles. The van der Waals surface area contributed by atoms with Gasteiger partial charge in [0, 0.05) is 50.2 Å². The standard InChI is InChI=1S/C42H37N7/c1-5-23-13-9-17-27-31-21-22-32(33(23)27)44-38-29-19-11-15-25(7-3)35(29)41(46-38)49-42-36-26(8-4)16-12-20-30(36)39(48-42)47-40-34-24(6-2)14-10-18-28(34)37(43-31)45-40/h9-21,46H,5-8,22H2,1-4H3,(H,43,45,47,48,49). The van der Waals surface area contributed by atoms with E-state index in [9.17, 15) is 0 Å². The first-order chi connectivity index (χ1) is 24.1. The van der Waals surface area contributed by atoms with Gasteiger partial charge in [0.1, 0.15) is 22.6 Å². The van der Waals surface area contributed by atoms with Crippen molar-refractivity contribution < 1.29 is 0 Å². The first-order valence-electron chi connectivity index (χ1n) is 17.5. The third kappa shape index (κ3) is 4.52. The molecule has 1 aliphatic carbocycles. The number of nitrogens with zero attached hydrogens (tertiary/aromatic N) is 5. The number of allylic oxidation sites excluding steroid dienone is 1. The number of fused-ring (bicyclic) bond motifs is 4. The highest BCUT2D eigenvalue weighted by Crippen LogP contribution is 2.40. The van der Waals surface area contributed by atoms with E-state index >= 15 is 0 Å². The van der Waals surface area contributed by atoms with E-state index in [1.165, 1.54) is 27.8 Å². The zero-order valence-corrected chi connectivity index (χ0v) is 28.3. The predicted molar refractivity (Wildman–Crippen MR) is 201 cm³/mol. The maximum atomic E-state index is 5.42. The molecule has 5 heterocycles. The quantitative estimate of drug-likeness (QED) is 0.193. The molecule has 0 atom stereocenters. The number of hydrogen-bond donors (Lipinski definition) is 2. The average Bonchev–Trinajstić information content (AvgIpc) is 3.80. The highest BCUT2D eigenvalue weighted by Gasteiger charge is 2.27. The number of aromatic amines is 2. The zero-order valence-electron chi connectivity index (χ0n) is 28.3. The number of nitrogens with one attached hydrogen (secondary N) is 2. The molecule has 0 saturated heterocycles. The molecular formula is C42H37N7. The van der Waals surface area contributed by atoms with Gasteiger partial charge < -0.3 is 9.97 Å². The topological polar surface area (TPSA) is 93.4 Å². The van der Waals surface area contributed by atoms with Gasteiger partial charge in [0.15, 0.2) is 11.7 Å². The Morgan fingerprint density at radius 2 is 1.16 bits per heavy atom. The molecule has 0 amide bonds. The van der Waals surface area contributed by atoms with E-state index in [1.807, 2.05) is 0 Å². The number of rotatable bonds is 4. The number of amidine groups is 2. The Morgan fingerprint density at radius 1 is 0.510 bits per heavy atom. The molecule has 3 aliphatic heterocycles. The predicted octanol–water partition coefficient (Wildman–Crippen LogP) is 8.56. The fourth-order valence-corrected chi connectivity index (χ4v) is 7.83. The van der Waals surface area contributed by atoms with Crippen molar-refractivity contribution >= 4 is 56.3 Å². The summed E-state index contributed by atoms with van der Waals surface area (Å²) in [5.41, 5.74) is 12.7. The molecule has 0 spiro atoms. The molecule has 6 aromatic rings. The van der Waals surface area contributed by atoms with Gasteiger partial charge in [0.2, 0.25) is 0 Å². The summed E-state index contributed by atoms with van der Waals surface area (Å²) in [5, 5.41) is 4.29. The Kier molecular flexibility index (Phi) is 6.90. The second-order valence-corrected chi connectivity index (χ2v) is 12.9. The molecule has 0 radical (unpaired) electrons. The van der Waals surface area contributed by atoms with Crippen LogP contribution in [0.3, 0.4) is 0 Å². The van der Waals surface area contributed by atoms with Gasteiger partial charge in [-0.15, -0.1) is 0 Å². The fourth-order valence-electron chi connectivity index (χ4n) is 7.83. The van der Waals surface area contributed by atoms with E-state index in [0.717, 1.165) is 97.9 Å². The molecule has 4 aliphatic rings. The first-order valence-corrected chi connectivity index (χ1v) is 17.5. The van der Waals surface area contributed by atoms with Crippen molar-refractivity contribution in [2.24, 2.45) is 25.0 Å². The molecule has 240 valence electrons. The second kappa shape index (κ2) is 11.5. The molecular weight excluding hydrogens is 603 g/mol. The number of hydrogen-bond acceptors (Lipinski definition) is 5.